The fourth-order valence-electron chi connectivity index (χ4n) is 2.80. The van der Waals surface area contributed by atoms with Gasteiger partial charge in [-0.05, 0) is 18.8 Å². The van der Waals surface area contributed by atoms with E-state index in [1.165, 1.54) is 0 Å². The Labute approximate surface area is 133 Å². The number of urea groups is 2. The zero-order chi connectivity index (χ0) is 17.1. The fourth-order valence-corrected chi connectivity index (χ4v) is 2.80. The SMILES string of the molecule is C[C@H]1CCCC[C@@H]1NC(=O)NC(=O)CN1C(=O)C(=O)N(C)C1=O. The fraction of sp³-hybridized carbons (Fsp3) is 0.643. The second-order valence-corrected chi connectivity index (χ2v) is 5.93. The summed E-state index contributed by atoms with van der Waals surface area (Å²) >= 11 is 0. The Kier molecular flexibility index (Phi) is 4.97. The lowest BCUT2D eigenvalue weighted by Crippen LogP contribution is -2.50. The number of hydrogen-bond acceptors (Lipinski definition) is 5. The zero-order valence-corrected chi connectivity index (χ0v) is 13.1. The van der Waals surface area contributed by atoms with Crippen LogP contribution in [0.2, 0.25) is 0 Å². The van der Waals surface area contributed by atoms with E-state index in [0.29, 0.717) is 15.7 Å². The highest BCUT2D eigenvalue weighted by atomic mass is 16.2. The van der Waals surface area contributed by atoms with Gasteiger partial charge in [0.1, 0.15) is 6.54 Å². The third-order valence-electron chi connectivity index (χ3n) is 4.23. The normalized spacial score (nSPS) is 24.9. The largest absolute Gasteiger partial charge is 0.335 e. The molecular weight excluding hydrogens is 304 g/mol. The number of rotatable bonds is 3. The smallest absolute Gasteiger partial charge is 0.334 e. The summed E-state index contributed by atoms with van der Waals surface area (Å²) in [7, 11) is 1.15. The lowest BCUT2D eigenvalue weighted by Gasteiger charge is -2.29. The average Bonchev–Trinajstić information content (AvgIpc) is 2.67. The highest BCUT2D eigenvalue weighted by Gasteiger charge is 2.43. The molecule has 7 amide bonds. The molecule has 0 aromatic heterocycles. The number of nitrogens with zero attached hydrogens (tertiary/aromatic N) is 2. The van der Waals surface area contributed by atoms with Gasteiger partial charge in [-0.2, -0.15) is 0 Å². The first-order valence-electron chi connectivity index (χ1n) is 7.55. The monoisotopic (exact) mass is 324 g/mol. The van der Waals surface area contributed by atoms with Crippen molar-refractivity contribution >= 4 is 29.8 Å². The minimum Gasteiger partial charge on any atom is -0.335 e. The summed E-state index contributed by atoms with van der Waals surface area (Å²) in [5.74, 6) is -2.56. The van der Waals surface area contributed by atoms with Crippen LogP contribution in [0.1, 0.15) is 32.6 Å². The maximum Gasteiger partial charge on any atom is 0.334 e. The van der Waals surface area contributed by atoms with E-state index in [0.717, 1.165) is 32.7 Å². The van der Waals surface area contributed by atoms with E-state index in [4.69, 9.17) is 0 Å². The lowest BCUT2D eigenvalue weighted by atomic mass is 9.86. The van der Waals surface area contributed by atoms with Crippen molar-refractivity contribution in [3.05, 3.63) is 0 Å². The summed E-state index contributed by atoms with van der Waals surface area (Å²) < 4.78 is 0. The van der Waals surface area contributed by atoms with Crippen molar-refractivity contribution in [2.24, 2.45) is 5.92 Å². The van der Waals surface area contributed by atoms with E-state index in [2.05, 4.69) is 10.6 Å². The zero-order valence-electron chi connectivity index (χ0n) is 13.1. The molecule has 0 aromatic rings. The molecule has 2 N–H and O–H groups in total. The van der Waals surface area contributed by atoms with Gasteiger partial charge in [-0.25, -0.2) is 14.5 Å². The second-order valence-electron chi connectivity index (χ2n) is 5.93. The van der Waals surface area contributed by atoms with Gasteiger partial charge in [-0.1, -0.05) is 19.8 Å². The highest BCUT2D eigenvalue weighted by Crippen LogP contribution is 2.23. The first kappa shape index (κ1) is 16.9. The number of carbonyl (C=O) groups excluding carboxylic acids is 5. The van der Waals surface area contributed by atoms with Gasteiger partial charge >= 0.3 is 23.9 Å². The summed E-state index contributed by atoms with van der Waals surface area (Å²) in [4.78, 5) is 59.3. The molecule has 2 aliphatic rings. The minimum absolute atomic E-state index is 0.000637. The third kappa shape index (κ3) is 3.66. The van der Waals surface area contributed by atoms with Crippen molar-refractivity contribution < 1.29 is 24.0 Å². The van der Waals surface area contributed by atoms with Gasteiger partial charge in [0.25, 0.3) is 0 Å². The van der Waals surface area contributed by atoms with E-state index in [9.17, 15) is 24.0 Å². The molecule has 1 saturated carbocycles. The predicted molar refractivity (Wildman–Crippen MR) is 78.0 cm³/mol. The quantitative estimate of drug-likeness (QED) is 0.551. The van der Waals surface area contributed by atoms with Crippen molar-refractivity contribution in [2.75, 3.05) is 13.6 Å². The number of likely N-dealkylation sites (N-methyl/N-ethyl adjacent to an activating group) is 1. The molecule has 23 heavy (non-hydrogen) atoms. The highest BCUT2D eigenvalue weighted by molar-refractivity contribution is 6.44. The van der Waals surface area contributed by atoms with E-state index in [-0.39, 0.29) is 6.04 Å². The first-order valence-corrected chi connectivity index (χ1v) is 7.55. The van der Waals surface area contributed by atoms with E-state index >= 15 is 0 Å². The molecule has 2 rings (SSSR count). The van der Waals surface area contributed by atoms with Crippen LogP contribution in [-0.4, -0.2) is 59.2 Å². The summed E-state index contributed by atoms with van der Waals surface area (Å²) in [5, 5.41) is 4.81. The van der Waals surface area contributed by atoms with Crippen LogP contribution >= 0.6 is 0 Å². The molecule has 0 bridgehead atoms. The Morgan fingerprint density at radius 1 is 1.13 bits per heavy atom. The number of amides is 7. The Bertz CT molecular complexity index is 561. The van der Waals surface area contributed by atoms with Crippen LogP contribution in [0.15, 0.2) is 0 Å². The number of imide groups is 3. The van der Waals surface area contributed by atoms with E-state index in [1.807, 2.05) is 6.92 Å². The van der Waals surface area contributed by atoms with Crippen molar-refractivity contribution in [1.29, 1.82) is 0 Å². The van der Waals surface area contributed by atoms with E-state index < -0.39 is 36.3 Å². The number of carbonyl (C=O) groups is 5. The van der Waals surface area contributed by atoms with Gasteiger partial charge < -0.3 is 5.32 Å². The van der Waals surface area contributed by atoms with Crippen LogP contribution in [0.5, 0.6) is 0 Å². The molecule has 2 atom stereocenters. The van der Waals surface area contributed by atoms with Gasteiger partial charge in [0, 0.05) is 13.1 Å². The maximum absolute atomic E-state index is 11.8. The van der Waals surface area contributed by atoms with Crippen LogP contribution in [0.3, 0.4) is 0 Å². The third-order valence-corrected chi connectivity index (χ3v) is 4.23. The molecule has 9 nitrogen and oxygen atoms in total. The Morgan fingerprint density at radius 2 is 1.78 bits per heavy atom. The minimum atomic E-state index is -1.08. The van der Waals surface area contributed by atoms with Crippen molar-refractivity contribution in [1.82, 2.24) is 20.4 Å². The molecule has 9 heteroatoms. The summed E-state index contributed by atoms with van der Waals surface area (Å²) in [6.45, 7) is 1.37. The molecule has 1 heterocycles. The molecule has 1 saturated heterocycles. The van der Waals surface area contributed by atoms with Crippen LogP contribution < -0.4 is 10.6 Å². The predicted octanol–water partition coefficient (Wildman–Crippen LogP) is -0.188. The molecule has 0 radical (unpaired) electrons. The second kappa shape index (κ2) is 6.76. The molecule has 126 valence electrons. The van der Waals surface area contributed by atoms with E-state index in [1.54, 1.807) is 0 Å². The standard InChI is InChI=1S/C14H20N4O5/c1-8-5-3-4-6-9(8)15-13(22)16-10(19)7-18-12(21)11(20)17(2)14(18)23/h8-9H,3-7H2,1-2H3,(H2,15,16,19,22)/t8-,9-/m0/s1. The summed E-state index contributed by atoms with van der Waals surface area (Å²) in [6, 6.07) is -1.54. The maximum atomic E-state index is 11.8. The van der Waals surface area contributed by atoms with Crippen molar-refractivity contribution in [2.45, 2.75) is 38.6 Å². The summed E-state index contributed by atoms with van der Waals surface area (Å²) in [6.07, 6.45) is 4.02. The molecule has 0 aromatic carbocycles. The lowest BCUT2D eigenvalue weighted by molar-refractivity contribution is -0.143. The number of hydrogen-bond donors (Lipinski definition) is 2. The van der Waals surface area contributed by atoms with Crippen LogP contribution in [-0.2, 0) is 14.4 Å². The van der Waals surface area contributed by atoms with Gasteiger partial charge in [-0.15, -0.1) is 0 Å². The van der Waals surface area contributed by atoms with Crippen LogP contribution in [0.4, 0.5) is 9.59 Å². The summed E-state index contributed by atoms with van der Waals surface area (Å²) in [5.41, 5.74) is 0. The topological polar surface area (TPSA) is 116 Å². The number of nitrogens with one attached hydrogen (secondary N) is 2. The Hall–Kier alpha value is -2.45. The van der Waals surface area contributed by atoms with Gasteiger partial charge in [0.15, 0.2) is 0 Å². The average molecular weight is 324 g/mol. The molecule has 1 aliphatic carbocycles. The molecule has 2 fully saturated rings. The molecular formula is C14H20N4O5. The molecule has 0 unspecified atom stereocenters. The Morgan fingerprint density at radius 3 is 2.35 bits per heavy atom. The van der Waals surface area contributed by atoms with Crippen LogP contribution in [0.25, 0.3) is 0 Å². The first-order chi connectivity index (χ1) is 10.8. The van der Waals surface area contributed by atoms with Gasteiger partial charge in [0.2, 0.25) is 5.91 Å². The van der Waals surface area contributed by atoms with Crippen LogP contribution in [0, 0.1) is 5.92 Å². The van der Waals surface area contributed by atoms with Gasteiger partial charge in [-0.3, -0.25) is 24.6 Å². The van der Waals surface area contributed by atoms with Crippen molar-refractivity contribution in [3.63, 3.8) is 0 Å². The molecule has 1 aliphatic heterocycles. The van der Waals surface area contributed by atoms with Crippen molar-refractivity contribution in [3.8, 4) is 0 Å². The Balaban J connectivity index is 1.85. The molecule has 0 spiro atoms. The van der Waals surface area contributed by atoms with Gasteiger partial charge in [0.05, 0.1) is 0 Å².